The maximum atomic E-state index is 13.3. The van der Waals surface area contributed by atoms with Gasteiger partial charge in [-0.2, -0.15) is 0 Å². The first-order valence-corrected chi connectivity index (χ1v) is 13.4. The third-order valence-corrected chi connectivity index (χ3v) is 10.2. The Morgan fingerprint density at radius 3 is 2.62 bits per heavy atom. The van der Waals surface area contributed by atoms with E-state index in [-0.39, 0.29) is 11.0 Å². The number of nitrogens with zero attached hydrogens (tertiary/aromatic N) is 1. The summed E-state index contributed by atoms with van der Waals surface area (Å²) in [6, 6.07) is 8.45. The fourth-order valence-electron chi connectivity index (χ4n) is 8.67. The van der Waals surface area contributed by atoms with Gasteiger partial charge in [0.25, 0.3) is 0 Å². The highest BCUT2D eigenvalue weighted by Crippen LogP contribution is 2.67. The summed E-state index contributed by atoms with van der Waals surface area (Å²) >= 11 is 0. The third-order valence-electron chi connectivity index (χ3n) is 10.2. The first-order chi connectivity index (χ1) is 16.4. The van der Waals surface area contributed by atoms with Crippen molar-refractivity contribution in [2.45, 2.75) is 76.7 Å². The molecule has 0 bridgehead atoms. The third kappa shape index (κ3) is 2.95. The van der Waals surface area contributed by atoms with Crippen LogP contribution in [0.4, 0.5) is 5.69 Å². The van der Waals surface area contributed by atoms with Crippen LogP contribution in [0.1, 0.15) is 76.7 Å². The molecule has 1 aromatic rings. The van der Waals surface area contributed by atoms with Gasteiger partial charge in [-0.1, -0.05) is 37.3 Å². The Hall–Kier alpha value is -2.13. The van der Waals surface area contributed by atoms with Crippen LogP contribution in [0, 0.1) is 17.3 Å². The number of para-hydroxylation sites is 1. The lowest BCUT2D eigenvalue weighted by Crippen LogP contribution is -2.53. The van der Waals surface area contributed by atoms with E-state index in [0.29, 0.717) is 24.0 Å². The Balaban J connectivity index is 1.43. The molecule has 0 N–H and O–H groups in total. The Kier molecular flexibility index (Phi) is 5.22. The minimum Gasteiger partial charge on any atom is -0.377 e. The number of fused-ring (bicyclic) bond motifs is 5. The van der Waals surface area contributed by atoms with Gasteiger partial charge in [0, 0.05) is 49.4 Å². The lowest BCUT2D eigenvalue weighted by atomic mass is 9.53. The van der Waals surface area contributed by atoms with E-state index in [9.17, 15) is 4.79 Å². The summed E-state index contributed by atoms with van der Waals surface area (Å²) in [7, 11) is 4.15. The zero-order valence-corrected chi connectivity index (χ0v) is 21.2. The first-order valence-electron chi connectivity index (χ1n) is 13.4. The quantitative estimate of drug-likeness (QED) is 0.453. The predicted molar refractivity (Wildman–Crippen MR) is 139 cm³/mol. The van der Waals surface area contributed by atoms with E-state index >= 15 is 0 Å². The van der Waals surface area contributed by atoms with Gasteiger partial charge in [0.1, 0.15) is 0 Å². The molecule has 3 nitrogen and oxygen atoms in total. The number of benzene rings is 1. The monoisotopic (exact) mass is 457 g/mol. The van der Waals surface area contributed by atoms with Crippen LogP contribution in [0.3, 0.4) is 0 Å². The van der Waals surface area contributed by atoms with E-state index in [1.807, 2.05) is 0 Å². The number of rotatable bonds is 2. The number of ketones is 1. The fraction of sp³-hybridized carbons (Fsp3) is 0.581. The lowest BCUT2D eigenvalue weighted by molar-refractivity contribution is -0.126. The average Bonchev–Trinajstić information content (AvgIpc) is 3.13. The number of ether oxygens (including phenoxy) is 1. The molecular formula is C31H39NO2. The molecule has 5 aliphatic rings. The summed E-state index contributed by atoms with van der Waals surface area (Å²) in [5.74, 6) is 1.66. The Morgan fingerprint density at radius 1 is 1.00 bits per heavy atom. The van der Waals surface area contributed by atoms with Gasteiger partial charge in [0.05, 0.1) is 5.60 Å². The molecule has 0 amide bonds. The SMILES string of the molecule is C=C1CCCOC12CC[C@H]1[C@@H]3CCC4=C(c5ccccc5N(C)C)C(=O)CCC4=C3CC[C@@]12C. The van der Waals surface area contributed by atoms with E-state index in [1.54, 1.807) is 11.1 Å². The minimum atomic E-state index is -0.0967. The molecule has 0 radical (unpaired) electrons. The van der Waals surface area contributed by atoms with Gasteiger partial charge < -0.3 is 9.64 Å². The molecule has 34 heavy (non-hydrogen) atoms. The van der Waals surface area contributed by atoms with Gasteiger partial charge in [-0.25, -0.2) is 0 Å². The average molecular weight is 458 g/mol. The molecule has 1 saturated heterocycles. The summed E-state index contributed by atoms with van der Waals surface area (Å²) in [5.41, 5.74) is 9.35. The summed E-state index contributed by atoms with van der Waals surface area (Å²) in [6.07, 6.45) is 10.8. The Labute approximate surface area is 204 Å². The number of Topliss-reactive ketones (excluding diaryl/α,β-unsaturated/α-hetero) is 1. The van der Waals surface area contributed by atoms with Crippen molar-refractivity contribution in [3.05, 3.63) is 58.7 Å². The van der Waals surface area contributed by atoms with Crippen LogP contribution < -0.4 is 4.90 Å². The van der Waals surface area contributed by atoms with Crippen molar-refractivity contribution in [3.8, 4) is 0 Å². The molecule has 1 aromatic carbocycles. The molecule has 1 aliphatic heterocycles. The van der Waals surface area contributed by atoms with Crippen LogP contribution in [0.25, 0.3) is 5.57 Å². The molecule has 6 rings (SSSR count). The van der Waals surface area contributed by atoms with Crippen molar-refractivity contribution in [1.82, 2.24) is 0 Å². The predicted octanol–water partition coefficient (Wildman–Crippen LogP) is 6.89. The molecule has 0 aromatic heterocycles. The largest absolute Gasteiger partial charge is 0.377 e. The normalized spacial score (nSPS) is 35.4. The highest BCUT2D eigenvalue weighted by atomic mass is 16.5. The second kappa shape index (κ2) is 7.95. The molecule has 2 saturated carbocycles. The van der Waals surface area contributed by atoms with E-state index in [2.05, 4.69) is 56.8 Å². The second-order valence-electron chi connectivity index (χ2n) is 11.8. The van der Waals surface area contributed by atoms with Crippen molar-refractivity contribution < 1.29 is 9.53 Å². The van der Waals surface area contributed by atoms with Crippen LogP contribution in [-0.2, 0) is 9.53 Å². The van der Waals surface area contributed by atoms with Gasteiger partial charge in [-0.05, 0) is 92.4 Å². The fourth-order valence-corrected chi connectivity index (χ4v) is 8.67. The second-order valence-corrected chi connectivity index (χ2v) is 11.8. The van der Waals surface area contributed by atoms with Crippen LogP contribution >= 0.6 is 0 Å². The summed E-state index contributed by atoms with van der Waals surface area (Å²) < 4.78 is 6.65. The maximum Gasteiger partial charge on any atom is 0.164 e. The minimum absolute atomic E-state index is 0.0967. The molecule has 3 heteroatoms. The van der Waals surface area contributed by atoms with Crippen LogP contribution in [-0.4, -0.2) is 32.1 Å². The number of hydrogen-bond acceptors (Lipinski definition) is 3. The smallest absolute Gasteiger partial charge is 0.164 e. The van der Waals surface area contributed by atoms with E-state index < -0.39 is 0 Å². The number of anilines is 1. The highest BCUT2D eigenvalue weighted by molar-refractivity contribution is 6.24. The topological polar surface area (TPSA) is 29.5 Å². The van der Waals surface area contributed by atoms with Crippen molar-refractivity contribution in [2.75, 3.05) is 25.6 Å². The van der Waals surface area contributed by atoms with E-state index in [4.69, 9.17) is 4.74 Å². The Morgan fingerprint density at radius 2 is 1.82 bits per heavy atom. The van der Waals surface area contributed by atoms with Crippen molar-refractivity contribution in [3.63, 3.8) is 0 Å². The molecule has 3 fully saturated rings. The number of carbonyl (C=O) groups is 1. The number of carbonyl (C=O) groups excluding carboxylic acids is 1. The zero-order chi connectivity index (χ0) is 23.7. The molecule has 1 spiro atoms. The maximum absolute atomic E-state index is 13.3. The lowest BCUT2D eigenvalue weighted by Gasteiger charge is -2.55. The van der Waals surface area contributed by atoms with Gasteiger partial charge >= 0.3 is 0 Å². The number of hydrogen-bond donors (Lipinski definition) is 0. The summed E-state index contributed by atoms with van der Waals surface area (Å²) in [5, 5.41) is 0. The van der Waals surface area contributed by atoms with E-state index in [0.717, 1.165) is 62.0 Å². The van der Waals surface area contributed by atoms with Crippen LogP contribution in [0.5, 0.6) is 0 Å². The zero-order valence-electron chi connectivity index (χ0n) is 21.2. The molecule has 1 heterocycles. The first kappa shape index (κ1) is 22.3. The van der Waals surface area contributed by atoms with Gasteiger partial charge in [0.15, 0.2) is 5.78 Å². The van der Waals surface area contributed by atoms with Crippen molar-refractivity contribution in [2.24, 2.45) is 17.3 Å². The van der Waals surface area contributed by atoms with E-state index in [1.165, 1.54) is 30.4 Å². The molecular weight excluding hydrogens is 418 g/mol. The van der Waals surface area contributed by atoms with Gasteiger partial charge in [-0.15, -0.1) is 0 Å². The summed E-state index contributed by atoms with van der Waals surface area (Å²) in [4.78, 5) is 15.5. The number of allylic oxidation sites excluding steroid dienone is 4. The molecule has 4 aliphatic carbocycles. The van der Waals surface area contributed by atoms with Crippen LogP contribution in [0.15, 0.2) is 53.1 Å². The van der Waals surface area contributed by atoms with Gasteiger partial charge in [-0.3, -0.25) is 4.79 Å². The molecule has 4 atom stereocenters. The molecule has 180 valence electrons. The highest BCUT2D eigenvalue weighted by Gasteiger charge is 2.63. The summed E-state index contributed by atoms with van der Waals surface area (Å²) in [6.45, 7) is 7.96. The van der Waals surface area contributed by atoms with Crippen molar-refractivity contribution in [1.29, 1.82) is 0 Å². The van der Waals surface area contributed by atoms with Crippen molar-refractivity contribution >= 4 is 17.0 Å². The van der Waals surface area contributed by atoms with Gasteiger partial charge in [0.2, 0.25) is 0 Å². The Bertz CT molecular complexity index is 1120. The standard InChI is InChI=1S/C31H39NO2/c1-20-8-7-19-34-31(20)18-16-26-23-11-12-24-21(22(23)15-17-30(26,31)2)13-14-28(33)29(24)25-9-5-6-10-27(25)32(3)4/h5-6,9-10,23,26H,1,7-8,11-19H2,2-4H3/t23-,26+,30+,31?/m1/s1. The molecule has 1 unspecified atom stereocenters. The van der Waals surface area contributed by atoms with Crippen LogP contribution in [0.2, 0.25) is 0 Å².